The van der Waals surface area contributed by atoms with Crippen LogP contribution in [0.1, 0.15) is 40.7 Å². The molecule has 0 atom stereocenters. The van der Waals surface area contributed by atoms with E-state index in [0.717, 1.165) is 40.7 Å². The number of hydrogen-bond donors (Lipinski definition) is 2. The molecule has 7 heteroatoms. The van der Waals surface area contributed by atoms with Crippen LogP contribution in [-0.2, 0) is 12.8 Å². The van der Waals surface area contributed by atoms with E-state index in [9.17, 15) is 4.79 Å². The molecule has 154 valence electrons. The second-order valence-electron chi connectivity index (χ2n) is 6.80. The highest BCUT2D eigenvalue weighted by Crippen LogP contribution is 2.33. The van der Waals surface area contributed by atoms with Crippen molar-refractivity contribution in [1.82, 2.24) is 10.3 Å². The number of rotatable bonds is 9. The topological polar surface area (TPSA) is 86.5 Å². The van der Waals surface area contributed by atoms with Crippen LogP contribution in [0, 0.1) is 0 Å². The molecule has 0 fully saturated rings. The Hall–Kier alpha value is -2.80. The van der Waals surface area contributed by atoms with E-state index in [0.29, 0.717) is 35.0 Å². The molecule has 0 bridgehead atoms. The van der Waals surface area contributed by atoms with Gasteiger partial charge in [0.25, 0.3) is 5.91 Å². The number of thiophene rings is 1. The van der Waals surface area contributed by atoms with Gasteiger partial charge in [0.1, 0.15) is 9.71 Å². The van der Waals surface area contributed by atoms with Gasteiger partial charge in [-0.2, -0.15) is 0 Å². The third-order valence-electron chi connectivity index (χ3n) is 4.79. The number of nitrogens with two attached hydrogens (primary N) is 1. The van der Waals surface area contributed by atoms with E-state index >= 15 is 0 Å². The molecule has 0 spiro atoms. The summed E-state index contributed by atoms with van der Waals surface area (Å²) in [6.07, 6.45) is 3.84. The second kappa shape index (κ2) is 9.60. The van der Waals surface area contributed by atoms with Gasteiger partial charge in [-0.3, -0.25) is 4.79 Å². The second-order valence-corrected chi connectivity index (χ2v) is 7.80. The van der Waals surface area contributed by atoms with E-state index in [4.69, 9.17) is 15.2 Å². The molecule has 3 aromatic rings. The highest BCUT2D eigenvalue weighted by molar-refractivity contribution is 7.21. The first-order chi connectivity index (χ1) is 14.1. The smallest absolute Gasteiger partial charge is 0.263 e. The predicted molar refractivity (Wildman–Crippen MR) is 118 cm³/mol. The van der Waals surface area contributed by atoms with Gasteiger partial charge in [-0.1, -0.05) is 19.4 Å². The third kappa shape index (κ3) is 4.79. The minimum atomic E-state index is -0.166. The molecule has 3 N–H and O–H groups in total. The number of amides is 1. The molecule has 2 aromatic heterocycles. The van der Waals surface area contributed by atoms with E-state index in [1.54, 1.807) is 14.2 Å². The summed E-state index contributed by atoms with van der Waals surface area (Å²) in [5.74, 6) is 1.19. The van der Waals surface area contributed by atoms with E-state index < -0.39 is 0 Å². The number of ether oxygens (including phenoxy) is 2. The minimum absolute atomic E-state index is 0.166. The molecule has 0 saturated carbocycles. The quantitative estimate of drug-likeness (QED) is 0.549. The lowest BCUT2D eigenvalue weighted by molar-refractivity contribution is 0.0959. The van der Waals surface area contributed by atoms with Crippen molar-refractivity contribution in [2.45, 2.75) is 32.6 Å². The van der Waals surface area contributed by atoms with Gasteiger partial charge in [0.15, 0.2) is 11.5 Å². The largest absolute Gasteiger partial charge is 0.493 e. The van der Waals surface area contributed by atoms with Gasteiger partial charge in [-0.25, -0.2) is 4.98 Å². The molecule has 0 aliphatic heterocycles. The number of pyridine rings is 1. The van der Waals surface area contributed by atoms with Crippen LogP contribution < -0.4 is 20.5 Å². The summed E-state index contributed by atoms with van der Waals surface area (Å²) in [4.78, 5) is 18.7. The molecule has 0 saturated heterocycles. The lowest BCUT2D eigenvalue weighted by Crippen LogP contribution is -2.25. The van der Waals surface area contributed by atoms with Crippen molar-refractivity contribution in [2.75, 3.05) is 26.5 Å². The predicted octanol–water partition coefficient (Wildman–Crippen LogP) is 4.21. The number of benzene rings is 1. The van der Waals surface area contributed by atoms with Gasteiger partial charge in [0.05, 0.1) is 19.9 Å². The molecular weight excluding hydrogens is 386 g/mol. The number of aromatic nitrogens is 1. The number of nitrogens with zero attached hydrogens (tertiary/aromatic N) is 1. The Kier molecular flexibility index (Phi) is 6.93. The maximum absolute atomic E-state index is 12.7. The standard InChI is InChI=1S/C22H27N3O3S/c1-4-5-6-15-8-9-16-19(23)20(29-22(16)25-15)21(26)24-12-11-14-7-10-17(27-2)18(13-14)28-3/h7-10,13H,4-6,11-12,23H2,1-3H3,(H,24,26). The Morgan fingerprint density at radius 3 is 2.66 bits per heavy atom. The van der Waals surface area contributed by atoms with Crippen molar-refractivity contribution in [3.05, 3.63) is 46.5 Å². The van der Waals surface area contributed by atoms with E-state index in [-0.39, 0.29) is 5.91 Å². The van der Waals surface area contributed by atoms with Gasteiger partial charge in [0, 0.05) is 17.6 Å². The molecule has 29 heavy (non-hydrogen) atoms. The number of fused-ring (bicyclic) bond motifs is 1. The van der Waals surface area contributed by atoms with Gasteiger partial charge in [0.2, 0.25) is 0 Å². The molecule has 2 heterocycles. The summed E-state index contributed by atoms with van der Waals surface area (Å²) in [6.45, 7) is 2.66. The first-order valence-corrected chi connectivity index (χ1v) is 10.6. The summed E-state index contributed by atoms with van der Waals surface area (Å²) in [5.41, 5.74) is 8.82. The number of methoxy groups -OCH3 is 2. The molecule has 1 amide bonds. The van der Waals surface area contributed by atoms with Crippen molar-refractivity contribution < 1.29 is 14.3 Å². The fourth-order valence-electron chi connectivity index (χ4n) is 3.14. The minimum Gasteiger partial charge on any atom is -0.493 e. The van der Waals surface area contributed by atoms with Crippen LogP contribution in [0.3, 0.4) is 0 Å². The third-order valence-corrected chi connectivity index (χ3v) is 5.91. The molecule has 0 aliphatic carbocycles. The number of nitrogen functional groups attached to an aromatic ring is 1. The maximum Gasteiger partial charge on any atom is 0.263 e. The van der Waals surface area contributed by atoms with Crippen molar-refractivity contribution in [2.24, 2.45) is 0 Å². The monoisotopic (exact) mass is 413 g/mol. The molecular formula is C22H27N3O3S. The van der Waals surface area contributed by atoms with Crippen molar-refractivity contribution in [3.8, 4) is 11.5 Å². The SMILES string of the molecule is CCCCc1ccc2c(N)c(C(=O)NCCc3ccc(OC)c(OC)c3)sc2n1. The van der Waals surface area contributed by atoms with Crippen LogP contribution in [0.2, 0.25) is 0 Å². The summed E-state index contributed by atoms with van der Waals surface area (Å²) in [6, 6.07) is 9.71. The van der Waals surface area contributed by atoms with Gasteiger partial charge in [-0.05, 0) is 49.1 Å². The fourth-order valence-corrected chi connectivity index (χ4v) is 4.17. The van der Waals surface area contributed by atoms with E-state index in [2.05, 4.69) is 17.2 Å². The first-order valence-electron chi connectivity index (χ1n) is 9.74. The zero-order valence-corrected chi connectivity index (χ0v) is 17.9. The Bertz CT molecular complexity index is 1000. The summed E-state index contributed by atoms with van der Waals surface area (Å²) >= 11 is 1.35. The number of aryl methyl sites for hydroxylation is 1. The Morgan fingerprint density at radius 2 is 1.93 bits per heavy atom. The van der Waals surface area contributed by atoms with Crippen LogP contribution in [0.5, 0.6) is 11.5 Å². The van der Waals surface area contributed by atoms with Crippen LogP contribution in [0.4, 0.5) is 5.69 Å². The van der Waals surface area contributed by atoms with Gasteiger partial charge < -0.3 is 20.5 Å². The van der Waals surface area contributed by atoms with Crippen LogP contribution >= 0.6 is 11.3 Å². The van der Waals surface area contributed by atoms with Crippen LogP contribution in [0.25, 0.3) is 10.2 Å². The maximum atomic E-state index is 12.7. The molecule has 0 radical (unpaired) electrons. The Balaban J connectivity index is 1.66. The number of carbonyl (C=O) groups is 1. The zero-order chi connectivity index (χ0) is 20.8. The van der Waals surface area contributed by atoms with Crippen LogP contribution in [0.15, 0.2) is 30.3 Å². The van der Waals surface area contributed by atoms with Gasteiger partial charge in [-0.15, -0.1) is 11.3 Å². The van der Waals surface area contributed by atoms with Gasteiger partial charge >= 0.3 is 0 Å². The average Bonchev–Trinajstić information content (AvgIpc) is 3.08. The number of hydrogen-bond acceptors (Lipinski definition) is 6. The highest BCUT2D eigenvalue weighted by Gasteiger charge is 2.17. The fraction of sp³-hybridized carbons (Fsp3) is 0.364. The average molecular weight is 414 g/mol. The van der Waals surface area contributed by atoms with Crippen molar-refractivity contribution in [3.63, 3.8) is 0 Å². The lowest BCUT2D eigenvalue weighted by atomic mass is 10.1. The normalized spacial score (nSPS) is 10.9. The number of unbranched alkanes of at least 4 members (excludes halogenated alkanes) is 1. The molecule has 1 aromatic carbocycles. The van der Waals surface area contributed by atoms with E-state index in [1.807, 2.05) is 30.3 Å². The Morgan fingerprint density at radius 1 is 1.14 bits per heavy atom. The van der Waals surface area contributed by atoms with Crippen LogP contribution in [-0.4, -0.2) is 31.7 Å². The first kappa shape index (κ1) is 20.9. The van der Waals surface area contributed by atoms with Crippen molar-refractivity contribution in [1.29, 1.82) is 0 Å². The zero-order valence-electron chi connectivity index (χ0n) is 17.1. The summed E-state index contributed by atoms with van der Waals surface area (Å²) in [5, 5.41) is 3.80. The molecule has 3 rings (SSSR count). The number of nitrogens with one attached hydrogen (secondary N) is 1. The summed E-state index contributed by atoms with van der Waals surface area (Å²) in [7, 11) is 3.21. The van der Waals surface area contributed by atoms with Crippen molar-refractivity contribution >= 4 is 33.1 Å². The Labute approximate surface area is 175 Å². The summed E-state index contributed by atoms with van der Waals surface area (Å²) < 4.78 is 10.6. The molecule has 0 unspecified atom stereocenters. The number of anilines is 1. The molecule has 6 nitrogen and oxygen atoms in total. The molecule has 0 aliphatic rings. The highest BCUT2D eigenvalue weighted by atomic mass is 32.1. The number of carbonyl (C=O) groups excluding carboxylic acids is 1. The lowest BCUT2D eigenvalue weighted by Gasteiger charge is -2.10. The van der Waals surface area contributed by atoms with E-state index in [1.165, 1.54) is 11.3 Å².